The zero-order valence-electron chi connectivity index (χ0n) is 11.2. The molecule has 19 heavy (non-hydrogen) atoms. The number of ether oxygens (including phenoxy) is 1. The summed E-state index contributed by atoms with van der Waals surface area (Å²) in [6.45, 7) is 3.79. The minimum Gasteiger partial charge on any atom is -0.479 e. The highest BCUT2D eigenvalue weighted by Crippen LogP contribution is 2.29. The number of halogens is 1. The average molecular weight is 286 g/mol. The molecule has 2 atom stereocenters. The first kappa shape index (κ1) is 15.8. The van der Waals surface area contributed by atoms with Gasteiger partial charge < -0.3 is 15.6 Å². The molecule has 0 aliphatic heterocycles. The Morgan fingerprint density at radius 1 is 1.53 bits per heavy atom. The van der Waals surface area contributed by atoms with Crippen molar-refractivity contribution in [2.75, 3.05) is 0 Å². The number of nitrogens with two attached hydrogens (primary N) is 1. The summed E-state index contributed by atoms with van der Waals surface area (Å²) in [5, 5.41) is 9.68. The number of aliphatic carboxylic acids is 1. The fraction of sp³-hybridized carbons (Fsp3) is 0.500. The van der Waals surface area contributed by atoms with Crippen LogP contribution in [0.1, 0.15) is 32.3 Å². The van der Waals surface area contributed by atoms with Crippen LogP contribution in [0, 0.1) is 0 Å². The van der Waals surface area contributed by atoms with Gasteiger partial charge in [-0.1, -0.05) is 31.0 Å². The Morgan fingerprint density at radius 3 is 2.74 bits per heavy atom. The van der Waals surface area contributed by atoms with Crippen molar-refractivity contribution in [3.63, 3.8) is 0 Å². The molecule has 0 aliphatic rings. The predicted octanol–water partition coefficient (Wildman–Crippen LogP) is 2.86. The lowest BCUT2D eigenvalue weighted by Crippen LogP contribution is -2.27. The third-order valence-electron chi connectivity index (χ3n) is 2.70. The Morgan fingerprint density at radius 2 is 2.21 bits per heavy atom. The number of carboxylic acid groups (broad SMARTS) is 1. The molecule has 0 saturated carbocycles. The largest absolute Gasteiger partial charge is 0.479 e. The molecule has 0 fully saturated rings. The van der Waals surface area contributed by atoms with Gasteiger partial charge in [-0.25, -0.2) is 4.79 Å². The van der Waals surface area contributed by atoms with E-state index < -0.39 is 12.1 Å². The van der Waals surface area contributed by atoms with Crippen molar-refractivity contribution in [2.24, 2.45) is 5.73 Å². The van der Waals surface area contributed by atoms with E-state index >= 15 is 0 Å². The van der Waals surface area contributed by atoms with Crippen LogP contribution < -0.4 is 10.5 Å². The minimum atomic E-state index is -0.964. The Kier molecular flexibility index (Phi) is 6.12. The van der Waals surface area contributed by atoms with Crippen LogP contribution in [-0.4, -0.2) is 23.2 Å². The number of hydrogen-bond donors (Lipinski definition) is 2. The van der Waals surface area contributed by atoms with Gasteiger partial charge in [-0.05, 0) is 31.9 Å². The van der Waals surface area contributed by atoms with Crippen LogP contribution in [-0.2, 0) is 11.2 Å². The fourth-order valence-electron chi connectivity index (χ4n) is 1.82. The van der Waals surface area contributed by atoms with E-state index in [4.69, 9.17) is 27.2 Å². The SMILES string of the molecule is CCCC(Oc1cccc(Cl)c1CC(C)N)C(=O)O. The van der Waals surface area contributed by atoms with Crippen LogP contribution in [0.5, 0.6) is 5.75 Å². The van der Waals surface area contributed by atoms with Crippen LogP contribution in [0.15, 0.2) is 18.2 Å². The summed E-state index contributed by atoms with van der Waals surface area (Å²) in [5.41, 5.74) is 6.55. The van der Waals surface area contributed by atoms with Crippen molar-refractivity contribution < 1.29 is 14.6 Å². The maximum Gasteiger partial charge on any atom is 0.344 e. The van der Waals surface area contributed by atoms with Crippen LogP contribution in [0.4, 0.5) is 0 Å². The molecule has 0 saturated heterocycles. The second-order valence-electron chi connectivity index (χ2n) is 4.63. The molecule has 0 bridgehead atoms. The van der Waals surface area contributed by atoms with E-state index in [-0.39, 0.29) is 6.04 Å². The highest BCUT2D eigenvalue weighted by molar-refractivity contribution is 6.31. The monoisotopic (exact) mass is 285 g/mol. The van der Waals surface area contributed by atoms with Gasteiger partial charge in [-0.3, -0.25) is 0 Å². The van der Waals surface area contributed by atoms with Gasteiger partial charge in [0.1, 0.15) is 5.75 Å². The molecule has 0 amide bonds. The molecule has 2 unspecified atom stereocenters. The smallest absolute Gasteiger partial charge is 0.344 e. The summed E-state index contributed by atoms with van der Waals surface area (Å²) in [6, 6.07) is 5.15. The quantitative estimate of drug-likeness (QED) is 0.808. The van der Waals surface area contributed by atoms with Crippen molar-refractivity contribution in [2.45, 2.75) is 45.3 Å². The first-order valence-electron chi connectivity index (χ1n) is 6.38. The van der Waals surface area contributed by atoms with Crippen molar-refractivity contribution in [3.05, 3.63) is 28.8 Å². The number of carbonyl (C=O) groups is 1. The zero-order chi connectivity index (χ0) is 14.4. The highest BCUT2D eigenvalue weighted by atomic mass is 35.5. The Labute approximate surface area is 118 Å². The zero-order valence-corrected chi connectivity index (χ0v) is 12.0. The van der Waals surface area contributed by atoms with E-state index in [0.29, 0.717) is 23.6 Å². The number of hydrogen-bond acceptors (Lipinski definition) is 3. The molecule has 0 aliphatic carbocycles. The Hall–Kier alpha value is -1.26. The predicted molar refractivity (Wildman–Crippen MR) is 75.8 cm³/mol. The first-order chi connectivity index (χ1) is 8.95. The Balaban J connectivity index is 2.98. The molecule has 3 N–H and O–H groups in total. The molecule has 1 aromatic carbocycles. The van der Waals surface area contributed by atoms with Crippen molar-refractivity contribution in [1.29, 1.82) is 0 Å². The molecule has 5 heteroatoms. The van der Waals surface area contributed by atoms with E-state index in [1.54, 1.807) is 18.2 Å². The van der Waals surface area contributed by atoms with Gasteiger partial charge in [0.25, 0.3) is 0 Å². The number of rotatable bonds is 7. The maximum absolute atomic E-state index is 11.1. The second-order valence-corrected chi connectivity index (χ2v) is 5.04. The summed E-state index contributed by atoms with van der Waals surface area (Å²) in [5.74, 6) is -0.459. The molecule has 1 rings (SSSR count). The minimum absolute atomic E-state index is 0.0725. The number of carboxylic acids is 1. The molecule has 1 aromatic rings. The third-order valence-corrected chi connectivity index (χ3v) is 3.05. The van der Waals surface area contributed by atoms with Gasteiger partial charge in [0, 0.05) is 16.6 Å². The lowest BCUT2D eigenvalue weighted by molar-refractivity contribution is -0.145. The van der Waals surface area contributed by atoms with E-state index in [1.165, 1.54) is 0 Å². The molecule has 106 valence electrons. The molecular weight excluding hydrogens is 266 g/mol. The first-order valence-corrected chi connectivity index (χ1v) is 6.76. The van der Waals surface area contributed by atoms with Gasteiger partial charge >= 0.3 is 5.97 Å². The summed E-state index contributed by atoms with van der Waals surface area (Å²) < 4.78 is 5.59. The van der Waals surface area contributed by atoms with Crippen molar-refractivity contribution >= 4 is 17.6 Å². The van der Waals surface area contributed by atoms with Gasteiger partial charge in [0.15, 0.2) is 6.10 Å². The van der Waals surface area contributed by atoms with Gasteiger partial charge in [0.05, 0.1) is 0 Å². The molecule has 0 spiro atoms. The number of benzene rings is 1. The summed E-state index contributed by atoms with van der Waals surface area (Å²) >= 11 is 6.13. The summed E-state index contributed by atoms with van der Waals surface area (Å²) in [4.78, 5) is 11.1. The lowest BCUT2D eigenvalue weighted by Gasteiger charge is -2.19. The lowest BCUT2D eigenvalue weighted by atomic mass is 10.1. The average Bonchev–Trinajstić information content (AvgIpc) is 2.32. The van der Waals surface area contributed by atoms with Crippen LogP contribution in [0.3, 0.4) is 0 Å². The molecule has 4 nitrogen and oxygen atoms in total. The third kappa shape index (κ3) is 4.73. The Bertz CT molecular complexity index is 435. The molecule has 0 heterocycles. The summed E-state index contributed by atoms with van der Waals surface area (Å²) in [6.07, 6.45) is 0.892. The van der Waals surface area contributed by atoms with Gasteiger partial charge in [0.2, 0.25) is 0 Å². The van der Waals surface area contributed by atoms with Crippen LogP contribution in [0.2, 0.25) is 5.02 Å². The summed E-state index contributed by atoms with van der Waals surface area (Å²) in [7, 11) is 0. The van der Waals surface area contributed by atoms with E-state index in [2.05, 4.69) is 0 Å². The van der Waals surface area contributed by atoms with Crippen molar-refractivity contribution in [1.82, 2.24) is 0 Å². The molecule has 0 radical (unpaired) electrons. The second kappa shape index (κ2) is 7.36. The molecular formula is C14H20ClNO3. The maximum atomic E-state index is 11.1. The topological polar surface area (TPSA) is 72.5 Å². The van der Waals surface area contributed by atoms with Crippen LogP contribution >= 0.6 is 11.6 Å². The van der Waals surface area contributed by atoms with Gasteiger partial charge in [-0.2, -0.15) is 0 Å². The normalized spacial score (nSPS) is 13.9. The standard InChI is InChI=1S/C14H20ClNO3/c1-3-5-13(14(17)18)19-12-7-4-6-11(15)10(12)8-9(2)16/h4,6-7,9,13H,3,5,8,16H2,1-2H3,(H,17,18). The van der Waals surface area contributed by atoms with Gasteiger partial charge in [-0.15, -0.1) is 0 Å². The van der Waals surface area contributed by atoms with Crippen LogP contribution in [0.25, 0.3) is 0 Å². The van der Waals surface area contributed by atoms with E-state index in [9.17, 15) is 4.79 Å². The van der Waals surface area contributed by atoms with E-state index in [1.807, 2.05) is 13.8 Å². The van der Waals surface area contributed by atoms with Crippen molar-refractivity contribution in [3.8, 4) is 5.75 Å². The molecule has 0 aromatic heterocycles. The fourth-order valence-corrected chi connectivity index (χ4v) is 2.06. The highest BCUT2D eigenvalue weighted by Gasteiger charge is 2.20. The van der Waals surface area contributed by atoms with E-state index in [0.717, 1.165) is 12.0 Å².